The molecule has 1 aromatic heterocycles. The normalized spacial score (nSPS) is 20.3. The second-order valence-corrected chi connectivity index (χ2v) is 8.69. The van der Waals surface area contributed by atoms with Gasteiger partial charge in [0.2, 0.25) is 11.8 Å². The van der Waals surface area contributed by atoms with Gasteiger partial charge in [0.25, 0.3) is 0 Å². The number of carbonyl (C=O) groups excluding carboxylic acids is 2. The summed E-state index contributed by atoms with van der Waals surface area (Å²) in [6.45, 7) is 3.99. The lowest BCUT2D eigenvalue weighted by Gasteiger charge is -2.25. The molecule has 1 fully saturated rings. The molecule has 1 aliphatic rings. The Morgan fingerprint density at radius 2 is 2.12 bits per heavy atom. The number of rotatable bonds is 9. The monoisotopic (exact) mass is 438 g/mol. The van der Waals surface area contributed by atoms with E-state index in [1.54, 1.807) is 13.1 Å². The molecule has 1 aliphatic heterocycles. The molecule has 172 valence electrons. The van der Waals surface area contributed by atoms with Crippen LogP contribution in [0.5, 0.6) is 0 Å². The van der Waals surface area contributed by atoms with Gasteiger partial charge >= 0.3 is 0 Å². The molecule has 7 nitrogen and oxygen atoms in total. The van der Waals surface area contributed by atoms with E-state index in [-0.39, 0.29) is 24.3 Å². The van der Waals surface area contributed by atoms with Crippen molar-refractivity contribution in [1.82, 2.24) is 15.2 Å². The van der Waals surface area contributed by atoms with Crippen LogP contribution in [0.1, 0.15) is 38.2 Å². The van der Waals surface area contributed by atoms with E-state index >= 15 is 0 Å². The lowest BCUT2D eigenvalue weighted by Crippen LogP contribution is -2.46. The Balaban J connectivity index is 1.48. The van der Waals surface area contributed by atoms with Crippen molar-refractivity contribution in [2.75, 3.05) is 19.6 Å². The van der Waals surface area contributed by atoms with Gasteiger partial charge in [-0.2, -0.15) is 0 Å². The Labute approximate surface area is 190 Å². The molecule has 0 radical (unpaired) electrons. The number of likely N-dealkylation sites (tertiary alicyclic amines) is 1. The van der Waals surface area contributed by atoms with Crippen LogP contribution in [0, 0.1) is 5.92 Å². The first kappa shape index (κ1) is 23.9. The smallest absolute Gasteiger partial charge is 0.220 e. The van der Waals surface area contributed by atoms with Crippen LogP contribution in [-0.2, 0) is 16.0 Å². The van der Waals surface area contributed by atoms with Crippen molar-refractivity contribution in [3.05, 3.63) is 54.2 Å². The lowest BCUT2D eigenvalue weighted by molar-refractivity contribution is -0.124. The molecule has 32 heavy (non-hydrogen) atoms. The first-order valence-electron chi connectivity index (χ1n) is 11.4. The first-order valence-corrected chi connectivity index (χ1v) is 11.4. The van der Waals surface area contributed by atoms with Gasteiger partial charge in [-0.3, -0.25) is 14.6 Å². The van der Waals surface area contributed by atoms with E-state index in [0.717, 1.165) is 43.6 Å². The second kappa shape index (κ2) is 11.7. The summed E-state index contributed by atoms with van der Waals surface area (Å²) < 4.78 is 0. The van der Waals surface area contributed by atoms with E-state index in [4.69, 9.17) is 5.73 Å². The number of aromatic nitrogens is 1. The molecule has 0 spiro atoms. The Kier molecular flexibility index (Phi) is 8.76. The van der Waals surface area contributed by atoms with Crippen LogP contribution in [0.2, 0.25) is 0 Å². The van der Waals surface area contributed by atoms with E-state index in [1.165, 1.54) is 5.56 Å². The molecule has 3 atom stereocenters. The summed E-state index contributed by atoms with van der Waals surface area (Å²) in [6, 6.07) is 14.1. The number of pyridine rings is 1. The van der Waals surface area contributed by atoms with Gasteiger partial charge in [0.05, 0.1) is 17.8 Å². The lowest BCUT2D eigenvalue weighted by atomic mass is 10.0. The van der Waals surface area contributed by atoms with Gasteiger partial charge in [-0.25, -0.2) is 0 Å². The average Bonchev–Trinajstić information content (AvgIpc) is 2.97. The average molecular weight is 439 g/mol. The van der Waals surface area contributed by atoms with Crippen molar-refractivity contribution in [1.29, 1.82) is 0 Å². The van der Waals surface area contributed by atoms with Gasteiger partial charge in [0.15, 0.2) is 0 Å². The number of carbonyl (C=O) groups is 2. The third-order valence-electron chi connectivity index (χ3n) is 6.14. The van der Waals surface area contributed by atoms with Gasteiger partial charge in [-0.05, 0) is 56.0 Å². The van der Waals surface area contributed by atoms with Crippen molar-refractivity contribution in [3.8, 4) is 11.3 Å². The van der Waals surface area contributed by atoms with E-state index in [0.29, 0.717) is 13.0 Å². The third kappa shape index (κ3) is 7.14. The molecular weight excluding hydrogens is 404 g/mol. The molecule has 2 amide bonds. The molecule has 3 rings (SSSR count). The summed E-state index contributed by atoms with van der Waals surface area (Å²) in [7, 11) is 0. The summed E-state index contributed by atoms with van der Waals surface area (Å²) in [5, 5.41) is 13.6. The van der Waals surface area contributed by atoms with Gasteiger partial charge in [-0.15, -0.1) is 0 Å². The number of aliphatic hydroxyl groups is 1. The highest BCUT2D eigenvalue weighted by atomic mass is 16.3. The maximum atomic E-state index is 12.2. The fourth-order valence-corrected chi connectivity index (χ4v) is 4.06. The zero-order valence-electron chi connectivity index (χ0n) is 18.7. The molecule has 0 saturated carbocycles. The molecule has 2 unspecified atom stereocenters. The van der Waals surface area contributed by atoms with E-state index in [2.05, 4.69) is 39.5 Å². The summed E-state index contributed by atoms with van der Waals surface area (Å²) in [6.07, 6.45) is 4.38. The van der Waals surface area contributed by atoms with Crippen molar-refractivity contribution < 1.29 is 14.7 Å². The number of benzene rings is 1. The molecule has 4 N–H and O–H groups in total. The van der Waals surface area contributed by atoms with E-state index in [9.17, 15) is 14.7 Å². The minimum absolute atomic E-state index is 0.137. The molecule has 0 bridgehead atoms. The summed E-state index contributed by atoms with van der Waals surface area (Å²) in [5.41, 5.74) is 8.56. The zero-order chi connectivity index (χ0) is 22.9. The number of amides is 2. The SMILES string of the molecule is CC(CCC(=O)NC1CCCN(CCc2cccc(-c3ccccn3)c2)C[C@@H]1O)C(N)=O. The molecule has 1 aromatic carbocycles. The summed E-state index contributed by atoms with van der Waals surface area (Å²) >= 11 is 0. The summed E-state index contributed by atoms with van der Waals surface area (Å²) in [5.74, 6) is -0.859. The largest absolute Gasteiger partial charge is 0.390 e. The number of hydrogen-bond donors (Lipinski definition) is 3. The number of nitrogens with one attached hydrogen (secondary N) is 1. The predicted octanol–water partition coefficient (Wildman–Crippen LogP) is 2.13. The number of β-amino-alcohol motifs (C(OH)–C–C–N with tert-alkyl or cyclic N) is 1. The first-order chi connectivity index (χ1) is 15.4. The number of aliphatic hydroxyl groups excluding tert-OH is 1. The van der Waals surface area contributed by atoms with Crippen LogP contribution in [0.25, 0.3) is 11.3 Å². The minimum atomic E-state index is -0.616. The van der Waals surface area contributed by atoms with Crippen LogP contribution in [0.4, 0.5) is 0 Å². The van der Waals surface area contributed by atoms with E-state index in [1.807, 2.05) is 18.2 Å². The fraction of sp³-hybridized carbons (Fsp3) is 0.480. The van der Waals surface area contributed by atoms with Crippen LogP contribution < -0.4 is 11.1 Å². The van der Waals surface area contributed by atoms with E-state index < -0.39 is 12.0 Å². The molecule has 2 heterocycles. The Bertz CT molecular complexity index is 890. The van der Waals surface area contributed by atoms with Crippen LogP contribution in [0.15, 0.2) is 48.7 Å². The number of hydrogen-bond acceptors (Lipinski definition) is 5. The molecule has 2 aromatic rings. The maximum Gasteiger partial charge on any atom is 0.220 e. The molecule has 1 saturated heterocycles. The standard InChI is InChI=1S/C25H34N4O3/c1-18(25(26)32)10-11-24(31)28-22-9-5-14-29(17-23(22)30)15-12-19-6-4-7-20(16-19)21-8-2-3-13-27-21/h2-4,6-8,13,16,18,22-23,30H,5,9-12,14-15,17H2,1H3,(H2,26,32)(H,28,31)/t18?,22?,23-/m0/s1. The van der Waals surface area contributed by atoms with Gasteiger partial charge in [0.1, 0.15) is 0 Å². The highest BCUT2D eigenvalue weighted by molar-refractivity contribution is 5.79. The molecule has 7 heteroatoms. The molecular formula is C25H34N4O3. The van der Waals surface area contributed by atoms with Gasteiger partial charge in [0, 0.05) is 37.2 Å². The Morgan fingerprint density at radius 1 is 1.28 bits per heavy atom. The maximum absolute atomic E-state index is 12.2. The highest BCUT2D eigenvalue weighted by Gasteiger charge is 2.26. The van der Waals surface area contributed by atoms with Crippen LogP contribution >= 0.6 is 0 Å². The topological polar surface area (TPSA) is 109 Å². The highest BCUT2D eigenvalue weighted by Crippen LogP contribution is 2.19. The number of nitrogens with zero attached hydrogens (tertiary/aromatic N) is 2. The van der Waals surface area contributed by atoms with Gasteiger partial charge in [-0.1, -0.05) is 31.2 Å². The zero-order valence-corrected chi connectivity index (χ0v) is 18.7. The van der Waals surface area contributed by atoms with Gasteiger partial charge < -0.3 is 21.1 Å². The number of nitrogens with two attached hydrogens (primary N) is 1. The van der Waals surface area contributed by atoms with Crippen molar-refractivity contribution >= 4 is 11.8 Å². The fourth-order valence-electron chi connectivity index (χ4n) is 4.06. The quantitative estimate of drug-likeness (QED) is 0.556. The van der Waals surface area contributed by atoms with Crippen LogP contribution in [-0.4, -0.2) is 58.6 Å². The number of primary amides is 1. The third-order valence-corrected chi connectivity index (χ3v) is 6.14. The Morgan fingerprint density at radius 3 is 2.88 bits per heavy atom. The molecule has 0 aliphatic carbocycles. The van der Waals surface area contributed by atoms with Crippen LogP contribution in [0.3, 0.4) is 0 Å². The predicted molar refractivity (Wildman–Crippen MR) is 125 cm³/mol. The van der Waals surface area contributed by atoms with Crippen molar-refractivity contribution in [2.45, 2.75) is 51.2 Å². The summed E-state index contributed by atoms with van der Waals surface area (Å²) in [4.78, 5) is 30.1. The van der Waals surface area contributed by atoms with Crippen molar-refractivity contribution in [2.24, 2.45) is 11.7 Å². The van der Waals surface area contributed by atoms with Crippen molar-refractivity contribution in [3.63, 3.8) is 0 Å². The minimum Gasteiger partial charge on any atom is -0.390 e. The second-order valence-electron chi connectivity index (χ2n) is 8.69. The Hall–Kier alpha value is -2.77.